The van der Waals surface area contributed by atoms with Crippen molar-refractivity contribution in [2.75, 3.05) is 23.3 Å². The van der Waals surface area contributed by atoms with Crippen LogP contribution in [0.2, 0.25) is 0 Å². The molecule has 3 heteroatoms. The summed E-state index contributed by atoms with van der Waals surface area (Å²) in [7, 11) is 0. The normalized spacial score (nSPS) is 15.8. The minimum absolute atomic E-state index is 0.683. The maximum Gasteiger partial charge on any atom is 0.0576 e. The van der Waals surface area contributed by atoms with Gasteiger partial charge < -0.3 is 10.2 Å². The topological polar surface area (TPSA) is 28.2 Å². The zero-order valence-corrected chi connectivity index (χ0v) is 13.2. The van der Waals surface area contributed by atoms with Gasteiger partial charge in [-0.25, -0.2) is 0 Å². The molecule has 0 amide bonds. The molecule has 1 aromatic rings. The highest BCUT2D eigenvalue weighted by molar-refractivity contribution is 5.56. The van der Waals surface area contributed by atoms with E-state index in [0.717, 1.165) is 25.2 Å². The van der Waals surface area contributed by atoms with E-state index in [-0.39, 0.29) is 0 Å². The molecule has 1 aliphatic carbocycles. The monoisotopic (exact) mass is 275 g/mol. The predicted molar refractivity (Wildman–Crippen MR) is 87.5 cm³/mol. The molecule has 0 aliphatic heterocycles. The van der Waals surface area contributed by atoms with Gasteiger partial charge >= 0.3 is 0 Å². The summed E-state index contributed by atoms with van der Waals surface area (Å²) in [5.41, 5.74) is 2.43. The number of anilines is 2. The summed E-state index contributed by atoms with van der Waals surface area (Å²) in [6.45, 7) is 8.93. The first kappa shape index (κ1) is 15.1. The van der Waals surface area contributed by atoms with Crippen LogP contribution in [0.25, 0.3) is 0 Å². The third-order valence-corrected chi connectivity index (χ3v) is 3.96. The lowest BCUT2D eigenvalue weighted by atomic mass is 10.1. The quantitative estimate of drug-likeness (QED) is 0.803. The van der Waals surface area contributed by atoms with E-state index in [2.05, 4.69) is 42.0 Å². The van der Waals surface area contributed by atoms with Crippen LogP contribution in [0.4, 0.5) is 11.4 Å². The lowest BCUT2D eigenvalue weighted by molar-refractivity contribution is 0.535. The Kier molecular flexibility index (Phi) is 5.69. The van der Waals surface area contributed by atoms with Gasteiger partial charge in [0.25, 0.3) is 0 Å². The van der Waals surface area contributed by atoms with Gasteiger partial charge in [-0.3, -0.25) is 4.98 Å². The standard InChI is InChI=1S/C17H29N3/c1-4-9-19-15-10-17(12-18-11-15)20(13-14(2)3)16-7-5-6-8-16/h10-12,14,16,19H,4-9,13H2,1-3H3. The number of hydrogen-bond donors (Lipinski definition) is 1. The average Bonchev–Trinajstić information content (AvgIpc) is 2.96. The molecule has 0 unspecified atom stereocenters. The molecule has 112 valence electrons. The Morgan fingerprint density at radius 3 is 2.70 bits per heavy atom. The molecule has 0 spiro atoms. The van der Waals surface area contributed by atoms with Gasteiger partial charge in [0.05, 0.1) is 23.8 Å². The second kappa shape index (κ2) is 7.51. The fourth-order valence-electron chi connectivity index (χ4n) is 3.03. The summed E-state index contributed by atoms with van der Waals surface area (Å²) in [4.78, 5) is 7.02. The number of rotatable bonds is 7. The lowest BCUT2D eigenvalue weighted by Crippen LogP contribution is -2.36. The molecular formula is C17H29N3. The third kappa shape index (κ3) is 4.12. The van der Waals surface area contributed by atoms with Gasteiger partial charge in [-0.05, 0) is 31.2 Å². The minimum atomic E-state index is 0.683. The van der Waals surface area contributed by atoms with Crippen LogP contribution < -0.4 is 10.2 Å². The predicted octanol–water partition coefficient (Wildman–Crippen LogP) is 4.31. The van der Waals surface area contributed by atoms with E-state index in [4.69, 9.17) is 0 Å². The SMILES string of the molecule is CCCNc1cncc(N(CC(C)C)C2CCCC2)c1. The van der Waals surface area contributed by atoms with Crippen LogP contribution in [-0.2, 0) is 0 Å². The summed E-state index contributed by atoms with van der Waals surface area (Å²) in [6.07, 6.45) is 10.5. The Morgan fingerprint density at radius 2 is 2.05 bits per heavy atom. The molecule has 1 saturated carbocycles. The number of nitrogens with one attached hydrogen (secondary N) is 1. The maximum absolute atomic E-state index is 4.43. The van der Waals surface area contributed by atoms with Crippen molar-refractivity contribution in [1.29, 1.82) is 0 Å². The molecule has 0 atom stereocenters. The van der Waals surface area contributed by atoms with Gasteiger partial charge in [0.1, 0.15) is 0 Å². The summed E-state index contributed by atoms with van der Waals surface area (Å²) in [5, 5.41) is 3.44. The Labute approximate surface area is 123 Å². The number of aromatic nitrogens is 1. The number of nitrogens with zero attached hydrogens (tertiary/aromatic N) is 2. The van der Waals surface area contributed by atoms with E-state index in [1.54, 1.807) is 0 Å². The smallest absolute Gasteiger partial charge is 0.0576 e. The van der Waals surface area contributed by atoms with Crippen LogP contribution in [0.3, 0.4) is 0 Å². The van der Waals surface area contributed by atoms with Crippen LogP contribution in [0, 0.1) is 5.92 Å². The first-order chi connectivity index (χ1) is 9.70. The van der Waals surface area contributed by atoms with Gasteiger partial charge in [0, 0.05) is 19.1 Å². The van der Waals surface area contributed by atoms with E-state index in [1.165, 1.54) is 31.4 Å². The van der Waals surface area contributed by atoms with Crippen molar-refractivity contribution in [3.63, 3.8) is 0 Å². The second-order valence-electron chi connectivity index (χ2n) is 6.34. The number of hydrogen-bond acceptors (Lipinski definition) is 3. The average molecular weight is 275 g/mol. The molecule has 1 heterocycles. The highest BCUT2D eigenvalue weighted by Gasteiger charge is 2.23. The molecule has 2 rings (SSSR count). The largest absolute Gasteiger partial charge is 0.384 e. The molecular weight excluding hydrogens is 246 g/mol. The summed E-state index contributed by atoms with van der Waals surface area (Å²) >= 11 is 0. The molecule has 1 aliphatic rings. The first-order valence-electron chi connectivity index (χ1n) is 8.16. The Bertz CT molecular complexity index is 397. The van der Waals surface area contributed by atoms with Gasteiger partial charge in [0.2, 0.25) is 0 Å². The van der Waals surface area contributed by atoms with E-state index < -0.39 is 0 Å². The molecule has 1 N–H and O–H groups in total. The summed E-state index contributed by atoms with van der Waals surface area (Å²) in [6, 6.07) is 2.98. The van der Waals surface area contributed by atoms with Crippen LogP contribution in [-0.4, -0.2) is 24.1 Å². The van der Waals surface area contributed by atoms with Crippen molar-refractivity contribution in [3.8, 4) is 0 Å². The summed E-state index contributed by atoms with van der Waals surface area (Å²) in [5.74, 6) is 0.683. The Morgan fingerprint density at radius 1 is 1.30 bits per heavy atom. The molecule has 0 aromatic carbocycles. The van der Waals surface area contributed by atoms with Gasteiger partial charge in [-0.2, -0.15) is 0 Å². The van der Waals surface area contributed by atoms with Crippen molar-refractivity contribution in [1.82, 2.24) is 4.98 Å². The Hall–Kier alpha value is -1.25. The van der Waals surface area contributed by atoms with E-state index >= 15 is 0 Å². The molecule has 0 saturated heterocycles. The van der Waals surface area contributed by atoms with E-state index in [0.29, 0.717) is 12.0 Å². The van der Waals surface area contributed by atoms with Crippen molar-refractivity contribution >= 4 is 11.4 Å². The number of pyridine rings is 1. The summed E-state index contributed by atoms with van der Waals surface area (Å²) < 4.78 is 0. The van der Waals surface area contributed by atoms with Crippen molar-refractivity contribution in [2.24, 2.45) is 5.92 Å². The molecule has 1 aromatic heterocycles. The van der Waals surface area contributed by atoms with Crippen molar-refractivity contribution < 1.29 is 0 Å². The Balaban J connectivity index is 2.14. The second-order valence-corrected chi connectivity index (χ2v) is 6.34. The van der Waals surface area contributed by atoms with Crippen LogP contribution in [0.1, 0.15) is 52.9 Å². The highest BCUT2D eigenvalue weighted by Crippen LogP contribution is 2.29. The van der Waals surface area contributed by atoms with Crippen LogP contribution >= 0.6 is 0 Å². The zero-order chi connectivity index (χ0) is 14.4. The molecule has 0 radical (unpaired) electrons. The fourth-order valence-corrected chi connectivity index (χ4v) is 3.03. The first-order valence-corrected chi connectivity index (χ1v) is 8.16. The fraction of sp³-hybridized carbons (Fsp3) is 0.706. The zero-order valence-electron chi connectivity index (χ0n) is 13.2. The van der Waals surface area contributed by atoms with Gasteiger partial charge in [0.15, 0.2) is 0 Å². The molecule has 3 nitrogen and oxygen atoms in total. The van der Waals surface area contributed by atoms with E-state index in [1.807, 2.05) is 12.4 Å². The third-order valence-electron chi connectivity index (χ3n) is 3.96. The van der Waals surface area contributed by atoms with Crippen molar-refractivity contribution in [2.45, 2.75) is 58.9 Å². The van der Waals surface area contributed by atoms with Gasteiger partial charge in [-0.15, -0.1) is 0 Å². The molecule has 20 heavy (non-hydrogen) atoms. The molecule has 0 bridgehead atoms. The lowest BCUT2D eigenvalue weighted by Gasteiger charge is -2.32. The van der Waals surface area contributed by atoms with E-state index in [9.17, 15) is 0 Å². The van der Waals surface area contributed by atoms with Crippen LogP contribution in [0.5, 0.6) is 0 Å². The highest BCUT2D eigenvalue weighted by atomic mass is 15.2. The van der Waals surface area contributed by atoms with Crippen LogP contribution in [0.15, 0.2) is 18.5 Å². The van der Waals surface area contributed by atoms with Crippen molar-refractivity contribution in [3.05, 3.63) is 18.5 Å². The molecule has 1 fully saturated rings. The minimum Gasteiger partial charge on any atom is -0.384 e. The maximum atomic E-state index is 4.43. The van der Waals surface area contributed by atoms with Gasteiger partial charge in [-0.1, -0.05) is 33.6 Å².